The lowest BCUT2D eigenvalue weighted by molar-refractivity contribution is 0.0207. The number of likely N-dealkylation sites (tertiary alicyclic amines) is 1. The summed E-state index contributed by atoms with van der Waals surface area (Å²) < 4.78 is 37.1. The molecule has 4 rings (SSSR count). The van der Waals surface area contributed by atoms with Gasteiger partial charge in [0, 0.05) is 60.6 Å². The number of hydrogen-bond donors (Lipinski definition) is 1. The second-order valence-corrected chi connectivity index (χ2v) is 11.1. The summed E-state index contributed by atoms with van der Waals surface area (Å²) in [4.78, 5) is 27.2. The molecule has 0 aliphatic carbocycles. The zero-order valence-electron chi connectivity index (χ0n) is 21.0. The number of carbonyl (C=O) groups is 2. The van der Waals surface area contributed by atoms with Crippen LogP contribution in [0.1, 0.15) is 56.8 Å². The molecule has 1 N–H and O–H groups in total. The maximum absolute atomic E-state index is 13.1. The number of rotatable bonds is 5. The van der Waals surface area contributed by atoms with Crippen LogP contribution in [0.2, 0.25) is 0 Å². The van der Waals surface area contributed by atoms with E-state index in [1.807, 2.05) is 45.0 Å². The maximum atomic E-state index is 13.1. The number of benzene rings is 2. The predicted molar refractivity (Wildman–Crippen MR) is 137 cm³/mol. The fourth-order valence-corrected chi connectivity index (χ4v) is 5.56. The van der Waals surface area contributed by atoms with E-state index in [2.05, 4.69) is 5.32 Å². The van der Waals surface area contributed by atoms with Crippen molar-refractivity contribution < 1.29 is 27.8 Å². The zero-order valence-corrected chi connectivity index (χ0v) is 21.8. The molecular weight excluding hydrogens is 482 g/mol. The van der Waals surface area contributed by atoms with Gasteiger partial charge in [-0.25, -0.2) is 4.79 Å². The van der Waals surface area contributed by atoms with E-state index < -0.39 is 16.9 Å². The number of piperidine rings is 1. The molecule has 0 bridgehead atoms. The molecule has 9 nitrogen and oxygen atoms in total. The molecule has 2 aliphatic rings. The standard InChI is InChI=1S/C26H35N3O6S/c1-26(2,3)35-25(31)28-14-10-19(11-15-28)29(36(32)33)23-9-8-22(20-6-4-5-7-21(20)23)24(30)27-18-12-16-34-17-13-18/h4-9,18-19H,10-17H2,1-3H3,(H,27,30)(H,32,33)/p-1. The third-order valence-corrected chi connectivity index (χ3v) is 7.36. The number of nitrogens with one attached hydrogen (secondary N) is 1. The van der Waals surface area contributed by atoms with Crippen LogP contribution in [0.3, 0.4) is 0 Å². The first-order valence-electron chi connectivity index (χ1n) is 12.4. The summed E-state index contributed by atoms with van der Waals surface area (Å²) >= 11 is -2.53. The van der Waals surface area contributed by atoms with Gasteiger partial charge in [-0.05, 0) is 64.0 Å². The highest BCUT2D eigenvalue weighted by atomic mass is 32.2. The highest BCUT2D eigenvalue weighted by Crippen LogP contribution is 2.34. The van der Waals surface area contributed by atoms with Crippen LogP contribution in [0.25, 0.3) is 10.8 Å². The van der Waals surface area contributed by atoms with E-state index in [0.29, 0.717) is 61.2 Å². The van der Waals surface area contributed by atoms with Gasteiger partial charge in [0.05, 0.1) is 5.69 Å². The first-order valence-corrected chi connectivity index (χ1v) is 13.4. The molecule has 2 aliphatic heterocycles. The Labute approximate surface area is 214 Å². The molecule has 0 spiro atoms. The minimum atomic E-state index is -2.53. The summed E-state index contributed by atoms with van der Waals surface area (Å²) in [5.74, 6) is -0.176. The summed E-state index contributed by atoms with van der Waals surface area (Å²) in [7, 11) is 0. The molecular formula is C26H34N3O6S-. The van der Waals surface area contributed by atoms with Gasteiger partial charge in [0.25, 0.3) is 5.91 Å². The van der Waals surface area contributed by atoms with E-state index in [9.17, 15) is 18.4 Å². The third-order valence-electron chi connectivity index (χ3n) is 6.55. The average Bonchev–Trinajstić information content (AvgIpc) is 2.84. The Morgan fingerprint density at radius 3 is 2.31 bits per heavy atom. The molecule has 196 valence electrons. The molecule has 1 unspecified atom stereocenters. The summed E-state index contributed by atoms with van der Waals surface area (Å²) in [5, 5.41) is 4.48. The van der Waals surface area contributed by atoms with Crippen LogP contribution >= 0.6 is 0 Å². The van der Waals surface area contributed by atoms with E-state index in [0.717, 1.165) is 12.8 Å². The van der Waals surface area contributed by atoms with Gasteiger partial charge in [0.1, 0.15) is 5.60 Å². The van der Waals surface area contributed by atoms with E-state index >= 15 is 0 Å². The highest BCUT2D eigenvalue weighted by molar-refractivity contribution is 7.80. The Bertz CT molecular complexity index is 1120. The van der Waals surface area contributed by atoms with Crippen molar-refractivity contribution in [1.82, 2.24) is 10.2 Å². The molecule has 2 fully saturated rings. The van der Waals surface area contributed by atoms with Crippen molar-refractivity contribution >= 4 is 39.7 Å². The van der Waals surface area contributed by atoms with Crippen LogP contribution in [0.4, 0.5) is 10.5 Å². The van der Waals surface area contributed by atoms with E-state index in [-0.39, 0.29) is 24.1 Å². The molecule has 10 heteroatoms. The molecule has 2 aromatic rings. The number of carbonyl (C=O) groups excluding carboxylic acids is 2. The number of fused-ring (bicyclic) bond motifs is 1. The lowest BCUT2D eigenvalue weighted by Gasteiger charge is -2.40. The Morgan fingerprint density at radius 2 is 1.69 bits per heavy atom. The van der Waals surface area contributed by atoms with Crippen molar-refractivity contribution in [1.29, 1.82) is 0 Å². The fraction of sp³-hybridized carbons (Fsp3) is 0.538. The minimum absolute atomic E-state index is 0.0606. The molecule has 0 aromatic heterocycles. The molecule has 2 saturated heterocycles. The van der Waals surface area contributed by atoms with Gasteiger partial charge in [-0.3, -0.25) is 13.3 Å². The summed E-state index contributed by atoms with van der Waals surface area (Å²) in [5.41, 5.74) is 0.447. The van der Waals surface area contributed by atoms with Crippen molar-refractivity contribution in [2.45, 2.75) is 64.1 Å². The fourth-order valence-electron chi connectivity index (χ4n) is 4.79. The number of hydrogen-bond acceptors (Lipinski definition) is 6. The van der Waals surface area contributed by atoms with Crippen molar-refractivity contribution in [3.05, 3.63) is 42.0 Å². The summed E-state index contributed by atoms with van der Waals surface area (Å²) in [6.45, 7) is 7.51. The van der Waals surface area contributed by atoms with Crippen LogP contribution in [0.15, 0.2) is 36.4 Å². The largest absolute Gasteiger partial charge is 0.755 e. The van der Waals surface area contributed by atoms with Crippen LogP contribution in [-0.4, -0.2) is 69.6 Å². The summed E-state index contributed by atoms with van der Waals surface area (Å²) in [6, 6.07) is 10.5. The molecule has 2 aromatic carbocycles. The Kier molecular flexibility index (Phi) is 8.17. The van der Waals surface area contributed by atoms with Gasteiger partial charge < -0.3 is 24.2 Å². The molecule has 36 heavy (non-hydrogen) atoms. The monoisotopic (exact) mass is 516 g/mol. The third kappa shape index (κ3) is 6.16. The quantitative estimate of drug-likeness (QED) is 0.606. The van der Waals surface area contributed by atoms with Crippen molar-refractivity contribution in [3.63, 3.8) is 0 Å². The number of amides is 2. The van der Waals surface area contributed by atoms with E-state index in [1.165, 1.54) is 4.31 Å². The first kappa shape index (κ1) is 26.4. The number of ether oxygens (including phenoxy) is 2. The zero-order chi connectivity index (χ0) is 25.9. The smallest absolute Gasteiger partial charge is 0.410 e. The van der Waals surface area contributed by atoms with Gasteiger partial charge in [0.15, 0.2) is 0 Å². The molecule has 0 saturated carbocycles. The number of nitrogens with zero attached hydrogens (tertiary/aromatic N) is 2. The average molecular weight is 517 g/mol. The van der Waals surface area contributed by atoms with Gasteiger partial charge in [0.2, 0.25) is 0 Å². The second-order valence-electron chi connectivity index (χ2n) is 10.3. The highest BCUT2D eigenvalue weighted by Gasteiger charge is 2.31. The number of anilines is 1. The first-order chi connectivity index (χ1) is 17.1. The lowest BCUT2D eigenvalue weighted by Crippen LogP contribution is -2.48. The van der Waals surface area contributed by atoms with Crippen LogP contribution < -0.4 is 9.62 Å². The van der Waals surface area contributed by atoms with E-state index in [4.69, 9.17) is 9.47 Å². The second kappa shape index (κ2) is 11.1. The normalized spacial score (nSPS) is 18.6. The molecule has 0 radical (unpaired) electrons. The van der Waals surface area contributed by atoms with Crippen molar-refractivity contribution in [2.75, 3.05) is 30.6 Å². The van der Waals surface area contributed by atoms with Gasteiger partial charge >= 0.3 is 6.09 Å². The molecule has 1 atom stereocenters. The van der Waals surface area contributed by atoms with Crippen molar-refractivity contribution in [3.8, 4) is 0 Å². The Hall–Kier alpha value is -2.69. The van der Waals surface area contributed by atoms with Gasteiger partial charge in [-0.15, -0.1) is 0 Å². The lowest BCUT2D eigenvalue weighted by atomic mass is 9.99. The summed E-state index contributed by atoms with van der Waals surface area (Å²) in [6.07, 6.45) is 2.11. The molecule has 2 heterocycles. The van der Waals surface area contributed by atoms with Gasteiger partial charge in [-0.2, -0.15) is 0 Å². The Balaban J connectivity index is 1.56. The topological polar surface area (TPSA) is 111 Å². The van der Waals surface area contributed by atoms with Crippen LogP contribution in [0.5, 0.6) is 0 Å². The maximum Gasteiger partial charge on any atom is 0.410 e. The van der Waals surface area contributed by atoms with Gasteiger partial charge in [-0.1, -0.05) is 24.3 Å². The Morgan fingerprint density at radius 1 is 1.06 bits per heavy atom. The van der Waals surface area contributed by atoms with Crippen molar-refractivity contribution in [2.24, 2.45) is 0 Å². The predicted octanol–water partition coefficient (Wildman–Crippen LogP) is 3.75. The molecule has 2 amide bonds. The van der Waals surface area contributed by atoms with E-state index in [1.54, 1.807) is 17.0 Å². The minimum Gasteiger partial charge on any atom is -0.755 e. The van der Waals surface area contributed by atoms with Crippen LogP contribution in [-0.2, 0) is 20.7 Å². The van der Waals surface area contributed by atoms with Crippen LogP contribution in [0, 0.1) is 0 Å². The SMILES string of the molecule is CC(C)(C)OC(=O)N1CCC(N(c2ccc(C(=O)NC3CCOCC3)c3ccccc23)S(=O)[O-])CC1.